The lowest BCUT2D eigenvalue weighted by Crippen LogP contribution is -2.18. The van der Waals surface area contributed by atoms with Crippen LogP contribution in [-0.4, -0.2) is 36.0 Å². The van der Waals surface area contributed by atoms with Gasteiger partial charge in [-0.1, -0.05) is 6.92 Å². The summed E-state index contributed by atoms with van der Waals surface area (Å²) in [5, 5.41) is 0. The molecule has 0 heterocycles. The Kier molecular flexibility index (Phi) is 9.55. The first-order valence-corrected chi connectivity index (χ1v) is 8.83. The van der Waals surface area contributed by atoms with E-state index in [0.29, 0.717) is 5.88 Å². The normalized spacial score (nSPS) is 20.6. The smallest absolute Gasteiger partial charge is 0.304 e. The molecule has 0 spiro atoms. The van der Waals surface area contributed by atoms with Crippen LogP contribution in [0.1, 0.15) is 20.8 Å². The van der Waals surface area contributed by atoms with Gasteiger partial charge in [-0.05, 0) is 19.8 Å². The molecular weight excluding hydrogens is 305 g/mol. The molecule has 0 aliphatic rings. The Bertz CT molecular complexity index is 215. The maximum Gasteiger partial charge on any atom is 0.331 e. The molecule has 0 aromatic heterocycles. The minimum atomic E-state index is -3.19. The minimum absolute atomic E-state index is 0.0487. The highest BCUT2D eigenvalue weighted by atomic mass is 35.5. The van der Waals surface area contributed by atoms with Crippen LogP contribution in [0.25, 0.3) is 0 Å². The second-order valence-electron chi connectivity index (χ2n) is 4.19. The SMILES string of the molecule is CC(CCl)CP(=O)(OC(C)CCl)OC(C)CCl. The Morgan fingerprint density at radius 2 is 1.35 bits per heavy atom. The van der Waals surface area contributed by atoms with Crippen molar-refractivity contribution in [3.8, 4) is 0 Å². The fourth-order valence-corrected chi connectivity index (χ4v) is 4.07. The Labute approximate surface area is 119 Å². The van der Waals surface area contributed by atoms with Crippen molar-refractivity contribution >= 4 is 42.4 Å². The lowest BCUT2D eigenvalue weighted by atomic mass is 10.3. The Balaban J connectivity index is 4.62. The molecule has 17 heavy (non-hydrogen) atoms. The van der Waals surface area contributed by atoms with Gasteiger partial charge >= 0.3 is 7.60 Å². The molecule has 0 saturated heterocycles. The van der Waals surface area contributed by atoms with Gasteiger partial charge in [0.2, 0.25) is 0 Å². The van der Waals surface area contributed by atoms with Gasteiger partial charge in [0.25, 0.3) is 0 Å². The molecule has 0 amide bonds. The lowest BCUT2D eigenvalue weighted by Gasteiger charge is -2.25. The first-order valence-electron chi connectivity index (χ1n) is 5.50. The van der Waals surface area contributed by atoms with E-state index in [-0.39, 0.29) is 36.0 Å². The molecule has 0 aromatic carbocycles. The highest BCUT2D eigenvalue weighted by Crippen LogP contribution is 2.52. The Morgan fingerprint density at radius 1 is 0.941 bits per heavy atom. The van der Waals surface area contributed by atoms with Crippen LogP contribution in [0.2, 0.25) is 0 Å². The molecule has 0 aliphatic carbocycles. The minimum Gasteiger partial charge on any atom is -0.304 e. The van der Waals surface area contributed by atoms with Crippen molar-refractivity contribution < 1.29 is 13.6 Å². The molecule has 0 rings (SSSR count). The largest absolute Gasteiger partial charge is 0.331 e. The summed E-state index contributed by atoms with van der Waals surface area (Å²) in [6, 6.07) is 0. The molecule has 0 bridgehead atoms. The van der Waals surface area contributed by atoms with E-state index in [4.69, 9.17) is 43.9 Å². The monoisotopic (exact) mass is 324 g/mol. The van der Waals surface area contributed by atoms with Crippen LogP contribution in [0.4, 0.5) is 0 Å². The zero-order valence-electron chi connectivity index (χ0n) is 10.4. The maximum atomic E-state index is 12.5. The van der Waals surface area contributed by atoms with Crippen LogP contribution in [-0.2, 0) is 13.6 Å². The predicted octanol–water partition coefficient (Wildman–Crippen LogP) is 4.34. The van der Waals surface area contributed by atoms with Gasteiger partial charge in [-0.15, -0.1) is 34.8 Å². The van der Waals surface area contributed by atoms with Gasteiger partial charge in [0.15, 0.2) is 0 Å². The number of rotatable bonds is 9. The van der Waals surface area contributed by atoms with Gasteiger partial charge in [-0.3, -0.25) is 4.57 Å². The first-order chi connectivity index (χ1) is 7.86. The molecule has 3 nitrogen and oxygen atoms in total. The third-order valence-electron chi connectivity index (χ3n) is 1.91. The van der Waals surface area contributed by atoms with Crippen LogP contribution in [0.3, 0.4) is 0 Å². The fraction of sp³-hybridized carbons (Fsp3) is 1.00. The van der Waals surface area contributed by atoms with E-state index in [1.807, 2.05) is 6.92 Å². The van der Waals surface area contributed by atoms with Crippen molar-refractivity contribution in [2.75, 3.05) is 23.8 Å². The average Bonchev–Trinajstić information content (AvgIpc) is 2.27. The van der Waals surface area contributed by atoms with Crippen molar-refractivity contribution in [1.29, 1.82) is 0 Å². The molecule has 0 aromatic rings. The summed E-state index contributed by atoms with van der Waals surface area (Å²) in [7, 11) is -3.19. The maximum absolute atomic E-state index is 12.5. The molecule has 0 radical (unpaired) electrons. The molecule has 3 atom stereocenters. The highest BCUT2D eigenvalue weighted by Gasteiger charge is 2.31. The third kappa shape index (κ3) is 7.92. The van der Waals surface area contributed by atoms with Gasteiger partial charge in [0.1, 0.15) is 0 Å². The van der Waals surface area contributed by atoms with Crippen molar-refractivity contribution in [2.45, 2.75) is 33.0 Å². The molecule has 0 aliphatic heterocycles. The van der Waals surface area contributed by atoms with Crippen molar-refractivity contribution in [3.05, 3.63) is 0 Å². The van der Waals surface area contributed by atoms with Gasteiger partial charge in [0.05, 0.1) is 18.4 Å². The van der Waals surface area contributed by atoms with Crippen LogP contribution in [0.15, 0.2) is 0 Å². The quantitative estimate of drug-likeness (QED) is 0.467. The zero-order valence-corrected chi connectivity index (χ0v) is 13.5. The summed E-state index contributed by atoms with van der Waals surface area (Å²) in [5.41, 5.74) is 0. The molecule has 104 valence electrons. The lowest BCUT2D eigenvalue weighted by molar-refractivity contribution is 0.143. The number of halogens is 3. The fourth-order valence-electron chi connectivity index (χ4n) is 1.15. The molecule has 0 saturated carbocycles. The molecular formula is C10H20Cl3O3P. The van der Waals surface area contributed by atoms with Crippen LogP contribution < -0.4 is 0 Å². The van der Waals surface area contributed by atoms with Crippen LogP contribution >= 0.6 is 42.4 Å². The highest BCUT2D eigenvalue weighted by molar-refractivity contribution is 7.53. The standard InChI is InChI=1S/C10H20Cl3O3P/c1-8(4-11)7-17(14,15-9(2)5-12)16-10(3)6-13/h8-10H,4-7H2,1-3H3. The summed E-state index contributed by atoms with van der Waals surface area (Å²) in [4.78, 5) is 0. The van der Waals surface area contributed by atoms with Gasteiger partial charge in [0, 0.05) is 17.6 Å². The van der Waals surface area contributed by atoms with E-state index in [0.717, 1.165) is 0 Å². The topological polar surface area (TPSA) is 35.5 Å². The van der Waals surface area contributed by atoms with Crippen molar-refractivity contribution in [1.82, 2.24) is 0 Å². The number of alkyl halides is 3. The molecule has 0 fully saturated rings. The van der Waals surface area contributed by atoms with Crippen molar-refractivity contribution in [2.24, 2.45) is 5.92 Å². The van der Waals surface area contributed by atoms with Gasteiger partial charge in [-0.25, -0.2) is 0 Å². The summed E-state index contributed by atoms with van der Waals surface area (Å²) >= 11 is 17.0. The number of hydrogen-bond acceptors (Lipinski definition) is 3. The molecule has 7 heteroatoms. The predicted molar refractivity (Wildman–Crippen MR) is 74.9 cm³/mol. The van der Waals surface area contributed by atoms with E-state index in [1.165, 1.54) is 0 Å². The third-order valence-corrected chi connectivity index (χ3v) is 5.74. The average molecular weight is 326 g/mol. The van der Waals surface area contributed by atoms with Gasteiger partial charge < -0.3 is 9.05 Å². The zero-order chi connectivity index (χ0) is 13.5. The van der Waals surface area contributed by atoms with E-state index in [1.54, 1.807) is 13.8 Å². The summed E-state index contributed by atoms with van der Waals surface area (Å²) < 4.78 is 23.3. The summed E-state index contributed by atoms with van der Waals surface area (Å²) in [6.07, 6.45) is -0.376. The van der Waals surface area contributed by atoms with E-state index in [9.17, 15) is 4.57 Å². The Hall–Kier alpha value is 1.02. The van der Waals surface area contributed by atoms with Crippen molar-refractivity contribution in [3.63, 3.8) is 0 Å². The van der Waals surface area contributed by atoms with Gasteiger partial charge in [-0.2, -0.15) is 0 Å². The molecule has 3 unspecified atom stereocenters. The second kappa shape index (κ2) is 9.01. The van der Waals surface area contributed by atoms with E-state index < -0.39 is 7.60 Å². The summed E-state index contributed by atoms with van der Waals surface area (Å²) in [6.45, 7) is 5.39. The second-order valence-corrected chi connectivity index (χ2v) is 7.13. The summed E-state index contributed by atoms with van der Waals surface area (Å²) in [5.74, 6) is 0.976. The van der Waals surface area contributed by atoms with Crippen LogP contribution in [0, 0.1) is 5.92 Å². The van der Waals surface area contributed by atoms with E-state index >= 15 is 0 Å². The van der Waals surface area contributed by atoms with E-state index in [2.05, 4.69) is 0 Å². The first kappa shape index (κ1) is 18.0. The Morgan fingerprint density at radius 3 is 1.65 bits per heavy atom. The van der Waals surface area contributed by atoms with Crippen LogP contribution in [0.5, 0.6) is 0 Å². The molecule has 0 N–H and O–H groups in total. The number of hydrogen-bond donors (Lipinski definition) is 0.